The number of carbonyl (C=O) groups is 1. The van der Waals surface area contributed by atoms with Crippen LogP contribution in [0.4, 0.5) is 0 Å². The summed E-state index contributed by atoms with van der Waals surface area (Å²) in [4.78, 5) is 43.6. The van der Waals surface area contributed by atoms with E-state index < -0.39 is 65.7 Å². The van der Waals surface area contributed by atoms with Gasteiger partial charge in [-0.25, -0.2) is 9.59 Å². The number of esters is 1. The molecule has 2 fully saturated rings. The lowest BCUT2D eigenvalue weighted by molar-refractivity contribution is -0.122. The first kappa shape index (κ1) is 32.4. The Morgan fingerprint density at radius 1 is 1.00 bits per heavy atom. The minimum Gasteiger partial charge on any atom is -0.435 e. The van der Waals surface area contributed by atoms with Crippen molar-refractivity contribution in [2.45, 2.75) is 102 Å². The number of aromatic nitrogens is 3. The highest BCUT2D eigenvalue weighted by atomic mass is 28.5. The van der Waals surface area contributed by atoms with E-state index in [1.165, 1.54) is 41.4 Å². The summed E-state index contributed by atoms with van der Waals surface area (Å²) < 4.78 is 40.5. The Hall–Kier alpha value is -2.47. The molecule has 12 nitrogen and oxygen atoms in total. The summed E-state index contributed by atoms with van der Waals surface area (Å²) >= 11 is 0. The van der Waals surface area contributed by atoms with Gasteiger partial charge in [0.1, 0.15) is 18.3 Å². The van der Waals surface area contributed by atoms with Gasteiger partial charge in [0, 0.05) is 24.7 Å². The molecule has 0 unspecified atom stereocenters. The van der Waals surface area contributed by atoms with Crippen molar-refractivity contribution >= 4 is 23.1 Å². The van der Waals surface area contributed by atoms with Crippen LogP contribution >= 0.6 is 0 Å². The highest BCUT2D eigenvalue weighted by Gasteiger charge is 2.62. The smallest absolute Gasteiger partial charge is 0.340 e. The molecule has 0 aliphatic carbocycles. The molecule has 0 amide bonds. The fourth-order valence-corrected chi connectivity index (χ4v) is 17.1. The number of rotatable bonds is 9. The second-order valence-corrected chi connectivity index (χ2v) is 20.9. The molecule has 0 spiro atoms. The lowest BCUT2D eigenvalue weighted by Crippen LogP contribution is -2.66. The summed E-state index contributed by atoms with van der Waals surface area (Å²) in [6, 6.07) is 4.32. The maximum atomic E-state index is 12.9. The topological polar surface area (TPSA) is 140 Å². The number of pyridine rings is 1. The molecule has 0 bridgehead atoms. The van der Waals surface area contributed by atoms with Crippen LogP contribution in [-0.2, 0) is 27.2 Å². The van der Waals surface area contributed by atoms with E-state index in [2.05, 4.69) is 65.4 Å². The van der Waals surface area contributed by atoms with E-state index in [0.29, 0.717) is 5.56 Å². The minimum absolute atomic E-state index is 0.0456. The molecule has 2 aromatic rings. The monoisotopic (exact) mass is 621 g/mol. The van der Waals surface area contributed by atoms with Crippen LogP contribution in [0.25, 0.3) is 0 Å². The predicted octanol–water partition coefficient (Wildman–Crippen LogP) is 3.99. The van der Waals surface area contributed by atoms with Crippen LogP contribution < -0.4 is 11.2 Å². The molecule has 14 heteroatoms. The molecular weight excluding hydrogens is 578 g/mol. The Balaban J connectivity index is 1.74. The summed E-state index contributed by atoms with van der Waals surface area (Å²) in [6.45, 7) is 16.7. The minimum atomic E-state index is -3.06. The van der Waals surface area contributed by atoms with Crippen LogP contribution in [0.5, 0.6) is 0 Å². The van der Waals surface area contributed by atoms with E-state index in [1.54, 1.807) is 0 Å². The number of hydrogen-bond acceptors (Lipinski definition) is 10. The van der Waals surface area contributed by atoms with E-state index in [9.17, 15) is 14.4 Å². The van der Waals surface area contributed by atoms with Crippen molar-refractivity contribution in [1.82, 2.24) is 14.5 Å². The standard InChI is InChI=1S/C28H43N3O9Si2/c1-17(2)41(18(3)4)37-15-22-24(39-42(40-41,19(5)6)20(7)8)25(26(38-22)31-14-11-23(32)30-28(31)34)35-16-36-27(33)21-9-12-29-13-10-21/h9-14,17-20,22,24-26H,15-16H2,1-8H3,(H,30,32,34)/t22-,24-,25-,26-/m1/s1. The third-order valence-electron chi connectivity index (χ3n) is 8.11. The number of H-pyrrole nitrogens is 1. The lowest BCUT2D eigenvalue weighted by Gasteiger charge is -2.51. The van der Waals surface area contributed by atoms with Gasteiger partial charge in [-0.15, -0.1) is 0 Å². The average molecular weight is 622 g/mol. The lowest BCUT2D eigenvalue weighted by atomic mass is 10.1. The molecule has 4 heterocycles. The molecule has 4 rings (SSSR count). The van der Waals surface area contributed by atoms with Crippen LogP contribution in [0.2, 0.25) is 22.2 Å². The van der Waals surface area contributed by atoms with Crippen LogP contribution in [0.15, 0.2) is 46.4 Å². The Labute approximate surface area is 248 Å². The second-order valence-electron chi connectivity index (χ2n) is 12.1. The van der Waals surface area contributed by atoms with E-state index in [0.717, 1.165) is 0 Å². The number of hydrogen-bond donors (Lipinski definition) is 1. The number of nitrogens with zero attached hydrogens (tertiary/aromatic N) is 2. The van der Waals surface area contributed by atoms with Gasteiger partial charge in [-0.2, -0.15) is 0 Å². The number of nitrogens with one attached hydrogen (secondary N) is 1. The van der Waals surface area contributed by atoms with E-state index in [4.69, 9.17) is 27.2 Å². The zero-order valence-electron chi connectivity index (χ0n) is 25.6. The summed E-state index contributed by atoms with van der Waals surface area (Å²) in [6.07, 6.45) is 1.13. The number of fused-ring (bicyclic) bond motifs is 1. The molecule has 1 N–H and O–H groups in total. The highest BCUT2D eigenvalue weighted by molar-refractivity contribution is 6.84. The van der Waals surface area contributed by atoms with Gasteiger partial charge in [-0.05, 0) is 34.3 Å². The van der Waals surface area contributed by atoms with Gasteiger partial charge in [0.2, 0.25) is 0 Å². The molecule has 0 aromatic carbocycles. The second kappa shape index (κ2) is 13.0. The van der Waals surface area contributed by atoms with Gasteiger partial charge < -0.3 is 27.2 Å². The first-order valence-electron chi connectivity index (χ1n) is 14.5. The Kier molecular flexibility index (Phi) is 10.1. The van der Waals surface area contributed by atoms with E-state index in [1.807, 2.05) is 0 Å². The molecule has 2 saturated heterocycles. The summed E-state index contributed by atoms with van der Waals surface area (Å²) in [5.41, 5.74) is -0.505. The average Bonchev–Trinajstić information content (AvgIpc) is 3.24. The first-order chi connectivity index (χ1) is 19.8. The molecule has 2 aliphatic rings. The Bertz CT molecular complexity index is 1320. The SMILES string of the molecule is CC(C)[Si]1(C(C)C)OC[C@H]2O[C@@H](n3ccc(=O)[nH]c3=O)[C@H](OCOC(=O)c3ccncc3)[C@@H]2O[Si](C(C)C)(C(C)C)O1. The zero-order valence-corrected chi connectivity index (χ0v) is 27.6. The van der Waals surface area contributed by atoms with Crippen LogP contribution in [-0.4, -0.2) is 69.3 Å². The summed E-state index contributed by atoms with van der Waals surface area (Å²) in [5.74, 6) is -0.589. The molecule has 4 atom stereocenters. The molecule has 232 valence electrons. The molecular formula is C28H43N3O9Si2. The van der Waals surface area contributed by atoms with Gasteiger partial charge in [0.05, 0.1) is 12.2 Å². The molecule has 0 radical (unpaired) electrons. The summed E-state index contributed by atoms with van der Waals surface area (Å²) in [5, 5.41) is 0. The van der Waals surface area contributed by atoms with Crippen LogP contribution in [0.1, 0.15) is 72.0 Å². The van der Waals surface area contributed by atoms with Gasteiger partial charge >= 0.3 is 28.8 Å². The Morgan fingerprint density at radius 3 is 2.19 bits per heavy atom. The fourth-order valence-electron chi connectivity index (χ4n) is 5.89. The predicted molar refractivity (Wildman–Crippen MR) is 158 cm³/mol. The fraction of sp³-hybridized carbons (Fsp3) is 0.643. The van der Waals surface area contributed by atoms with Crippen molar-refractivity contribution in [1.29, 1.82) is 0 Å². The number of ether oxygens (including phenoxy) is 3. The normalized spacial score (nSPS) is 25.4. The largest absolute Gasteiger partial charge is 0.435 e. The van der Waals surface area contributed by atoms with Crippen molar-refractivity contribution in [2.75, 3.05) is 13.4 Å². The van der Waals surface area contributed by atoms with Gasteiger partial charge in [0.25, 0.3) is 5.56 Å². The summed E-state index contributed by atoms with van der Waals surface area (Å²) in [7, 11) is -5.89. The number of aromatic amines is 1. The molecule has 0 saturated carbocycles. The maximum Gasteiger partial charge on any atom is 0.340 e. The van der Waals surface area contributed by atoms with Crippen molar-refractivity contribution in [3.05, 3.63) is 63.2 Å². The van der Waals surface area contributed by atoms with Crippen LogP contribution in [0, 0.1) is 0 Å². The third kappa shape index (κ3) is 6.25. The molecule has 42 heavy (non-hydrogen) atoms. The van der Waals surface area contributed by atoms with Crippen LogP contribution in [0.3, 0.4) is 0 Å². The van der Waals surface area contributed by atoms with Gasteiger partial charge in [-0.3, -0.25) is 19.3 Å². The third-order valence-corrected chi connectivity index (χ3v) is 18.4. The van der Waals surface area contributed by atoms with E-state index >= 15 is 0 Å². The molecule has 2 aromatic heterocycles. The van der Waals surface area contributed by atoms with Crippen molar-refractivity contribution in [2.24, 2.45) is 0 Å². The highest BCUT2D eigenvalue weighted by Crippen LogP contribution is 2.48. The first-order valence-corrected chi connectivity index (χ1v) is 18.4. The van der Waals surface area contributed by atoms with Crippen molar-refractivity contribution in [3.63, 3.8) is 0 Å². The van der Waals surface area contributed by atoms with Crippen molar-refractivity contribution < 1.29 is 32.0 Å². The van der Waals surface area contributed by atoms with Gasteiger partial charge in [0.15, 0.2) is 13.0 Å². The van der Waals surface area contributed by atoms with E-state index in [-0.39, 0.29) is 28.8 Å². The van der Waals surface area contributed by atoms with Crippen molar-refractivity contribution in [3.8, 4) is 0 Å². The quantitative estimate of drug-likeness (QED) is 0.248. The van der Waals surface area contributed by atoms with Gasteiger partial charge in [-0.1, -0.05) is 55.4 Å². The maximum absolute atomic E-state index is 12.9. The Morgan fingerprint density at radius 2 is 1.62 bits per heavy atom. The molecule has 2 aliphatic heterocycles. The number of carbonyl (C=O) groups excluding carboxylic acids is 1. The zero-order chi connectivity index (χ0) is 30.8.